The average Bonchev–Trinajstić information content (AvgIpc) is 3.30. The number of nitrogens with zero attached hydrogens (tertiary/aromatic N) is 1. The number of nitrogens with two attached hydrogens (primary N) is 1. The van der Waals surface area contributed by atoms with E-state index in [1.54, 1.807) is 24.3 Å². The quantitative estimate of drug-likeness (QED) is 0.279. The summed E-state index contributed by atoms with van der Waals surface area (Å²) in [6.45, 7) is -0.362. The first-order valence-corrected chi connectivity index (χ1v) is 12.3. The maximum atomic E-state index is 13.5. The molecule has 5 N–H and O–H groups in total. The van der Waals surface area contributed by atoms with Crippen LogP contribution in [0.1, 0.15) is 55.4 Å². The van der Waals surface area contributed by atoms with Crippen molar-refractivity contribution in [1.29, 1.82) is 0 Å². The summed E-state index contributed by atoms with van der Waals surface area (Å²) >= 11 is 5.28. The van der Waals surface area contributed by atoms with E-state index in [0.717, 1.165) is 32.1 Å². The Balaban J connectivity index is 1.80. The Kier molecular flexibility index (Phi) is 9.51. The van der Waals surface area contributed by atoms with Gasteiger partial charge in [-0.2, -0.15) is 0 Å². The summed E-state index contributed by atoms with van der Waals surface area (Å²) in [4.78, 5) is 52.7. The number of amides is 4. The smallest absolute Gasteiger partial charge is 0.291 e. The van der Waals surface area contributed by atoms with Crippen molar-refractivity contribution in [3.63, 3.8) is 0 Å². The van der Waals surface area contributed by atoms with Gasteiger partial charge in [-0.05, 0) is 30.5 Å². The highest BCUT2D eigenvalue weighted by Crippen LogP contribution is 2.28. The highest BCUT2D eigenvalue weighted by Gasteiger charge is 2.30. The van der Waals surface area contributed by atoms with E-state index in [2.05, 4.69) is 15.7 Å². The number of hydrogen-bond donors (Lipinski definition) is 4. The first-order valence-electron chi connectivity index (χ1n) is 11.8. The van der Waals surface area contributed by atoms with Gasteiger partial charge in [-0.25, -0.2) is 9.40 Å². The Morgan fingerprint density at radius 3 is 2.61 bits per heavy atom. The van der Waals surface area contributed by atoms with Crippen LogP contribution in [0.4, 0.5) is 4.39 Å². The fourth-order valence-corrected chi connectivity index (χ4v) is 4.54. The summed E-state index contributed by atoms with van der Waals surface area (Å²) in [5.41, 5.74) is 5.93. The van der Waals surface area contributed by atoms with E-state index in [9.17, 15) is 23.6 Å². The molecule has 4 amide bonds. The van der Waals surface area contributed by atoms with Crippen molar-refractivity contribution in [2.45, 2.75) is 56.6 Å². The summed E-state index contributed by atoms with van der Waals surface area (Å²) in [5.74, 6) is -2.46. The summed E-state index contributed by atoms with van der Waals surface area (Å²) in [6, 6.07) is 5.95. The van der Waals surface area contributed by atoms with E-state index in [4.69, 9.17) is 22.1 Å². The van der Waals surface area contributed by atoms with Crippen LogP contribution in [-0.4, -0.2) is 58.9 Å². The molecular weight excluding hydrogens is 493 g/mol. The van der Waals surface area contributed by atoms with Gasteiger partial charge in [-0.15, -0.1) is 0 Å². The van der Waals surface area contributed by atoms with E-state index in [-0.39, 0.29) is 24.6 Å². The molecule has 2 aromatic rings. The topological polar surface area (TPSA) is 147 Å². The first-order chi connectivity index (χ1) is 17.2. The number of aromatic amines is 1. The van der Waals surface area contributed by atoms with Crippen LogP contribution in [-0.2, 0) is 14.4 Å². The van der Waals surface area contributed by atoms with Crippen LogP contribution in [0.15, 0.2) is 24.3 Å². The second-order valence-corrected chi connectivity index (χ2v) is 9.24. The van der Waals surface area contributed by atoms with E-state index >= 15 is 0 Å². The van der Waals surface area contributed by atoms with Gasteiger partial charge in [-0.3, -0.25) is 24.6 Å². The van der Waals surface area contributed by atoms with Gasteiger partial charge in [0.2, 0.25) is 5.91 Å². The third kappa shape index (κ3) is 7.09. The molecule has 1 aliphatic rings. The van der Waals surface area contributed by atoms with Gasteiger partial charge in [0.25, 0.3) is 23.4 Å². The molecule has 3 rings (SSSR count). The minimum absolute atomic E-state index is 0.189. The fourth-order valence-electron chi connectivity index (χ4n) is 4.42. The number of primary amides is 1. The Morgan fingerprint density at radius 2 is 1.97 bits per heavy atom. The number of halogens is 2. The van der Waals surface area contributed by atoms with E-state index in [1.165, 1.54) is 7.11 Å². The molecule has 1 aromatic carbocycles. The van der Waals surface area contributed by atoms with E-state index < -0.39 is 35.3 Å². The van der Waals surface area contributed by atoms with Gasteiger partial charge in [0.1, 0.15) is 17.5 Å². The Labute approximate surface area is 213 Å². The molecule has 1 aromatic heterocycles. The van der Waals surface area contributed by atoms with Gasteiger partial charge in [-0.1, -0.05) is 49.8 Å². The number of fused-ring (bicyclic) bond motifs is 1. The number of hydrogen-bond acceptors (Lipinski definition) is 5. The molecule has 2 atom stereocenters. The number of nitrogens with one attached hydrogen (secondary N) is 3. The van der Waals surface area contributed by atoms with E-state index in [0.29, 0.717) is 28.1 Å². The van der Waals surface area contributed by atoms with Crippen LogP contribution in [0.25, 0.3) is 10.9 Å². The number of carbonyl (C=O) groups excluding carboxylic acids is 4. The zero-order chi connectivity index (χ0) is 26.2. The zero-order valence-electron chi connectivity index (χ0n) is 20.0. The van der Waals surface area contributed by atoms with Gasteiger partial charge in [0.15, 0.2) is 0 Å². The van der Waals surface area contributed by atoms with Crippen molar-refractivity contribution < 1.29 is 28.3 Å². The van der Waals surface area contributed by atoms with Crippen LogP contribution in [0.2, 0.25) is 0 Å². The SMILES string of the molecule is COc1cccc2[nH]c(C(=O)N[C@@H](CC3CCCCC3)C(=O)NN(CCC(N)=O)C(=O)C(F)Cl)cc12. The number of hydrazine groups is 1. The lowest BCUT2D eigenvalue weighted by Gasteiger charge is -2.29. The Hall–Kier alpha value is -3.34. The van der Waals surface area contributed by atoms with Crippen LogP contribution in [0.5, 0.6) is 5.75 Å². The number of ether oxygens (including phenoxy) is 1. The standard InChI is InChI=1S/C24H31ClFN5O5/c1-36-19-9-5-8-16-15(19)13-18(28-16)22(33)29-17(12-14-6-3-2-4-7-14)23(34)30-31(11-10-20(27)32)24(35)21(25)26/h5,8-9,13-14,17,21,28H,2-4,6-7,10-12H2,1H3,(H2,27,32)(H,29,33)(H,30,34)/t17-,21?/m0/s1. The fraction of sp³-hybridized carbons (Fsp3) is 0.500. The predicted octanol–water partition coefficient (Wildman–Crippen LogP) is 2.51. The molecular formula is C24H31ClFN5O5. The molecule has 0 bridgehead atoms. The molecule has 0 spiro atoms. The highest BCUT2D eigenvalue weighted by atomic mass is 35.5. The molecule has 1 aliphatic carbocycles. The molecule has 0 aliphatic heterocycles. The third-order valence-electron chi connectivity index (χ3n) is 6.28. The van der Waals surface area contributed by atoms with Crippen LogP contribution >= 0.6 is 11.6 Å². The lowest BCUT2D eigenvalue weighted by atomic mass is 9.84. The van der Waals surface area contributed by atoms with Crippen LogP contribution < -0.4 is 21.2 Å². The molecule has 0 saturated heterocycles. The van der Waals surface area contributed by atoms with Gasteiger partial charge < -0.3 is 20.8 Å². The second-order valence-electron chi connectivity index (χ2n) is 8.85. The Bertz CT molecular complexity index is 1100. The molecule has 36 heavy (non-hydrogen) atoms. The number of H-pyrrole nitrogens is 1. The number of methoxy groups -OCH3 is 1. The van der Waals surface area contributed by atoms with Gasteiger partial charge >= 0.3 is 0 Å². The van der Waals surface area contributed by atoms with Crippen molar-refractivity contribution in [2.24, 2.45) is 11.7 Å². The predicted molar refractivity (Wildman–Crippen MR) is 132 cm³/mol. The van der Waals surface area contributed by atoms with Crippen LogP contribution in [0, 0.1) is 5.92 Å². The lowest BCUT2D eigenvalue weighted by molar-refractivity contribution is -0.144. The summed E-state index contributed by atoms with van der Waals surface area (Å²) < 4.78 is 18.8. The molecule has 10 nitrogen and oxygen atoms in total. The van der Waals surface area contributed by atoms with Crippen molar-refractivity contribution >= 4 is 46.1 Å². The molecule has 12 heteroatoms. The van der Waals surface area contributed by atoms with Crippen molar-refractivity contribution in [3.05, 3.63) is 30.0 Å². The minimum Gasteiger partial charge on any atom is -0.496 e. The van der Waals surface area contributed by atoms with Crippen molar-refractivity contribution in [2.75, 3.05) is 13.7 Å². The second kappa shape index (κ2) is 12.6. The summed E-state index contributed by atoms with van der Waals surface area (Å²) in [7, 11) is 1.53. The maximum absolute atomic E-state index is 13.5. The molecule has 1 heterocycles. The summed E-state index contributed by atoms with van der Waals surface area (Å²) in [6.07, 6.45) is 4.98. The molecule has 196 valence electrons. The number of rotatable bonds is 10. The van der Waals surface area contributed by atoms with Crippen LogP contribution in [0.3, 0.4) is 0 Å². The zero-order valence-corrected chi connectivity index (χ0v) is 20.8. The van der Waals surface area contributed by atoms with E-state index in [1.807, 2.05) is 0 Å². The van der Waals surface area contributed by atoms with Crippen molar-refractivity contribution in [1.82, 2.24) is 20.7 Å². The molecule has 1 unspecified atom stereocenters. The molecule has 0 radical (unpaired) electrons. The monoisotopic (exact) mass is 523 g/mol. The third-order valence-corrected chi connectivity index (χ3v) is 6.47. The van der Waals surface area contributed by atoms with Crippen molar-refractivity contribution in [3.8, 4) is 5.75 Å². The largest absolute Gasteiger partial charge is 0.496 e. The van der Waals surface area contributed by atoms with Gasteiger partial charge in [0.05, 0.1) is 13.7 Å². The minimum atomic E-state index is -2.43. The first kappa shape index (κ1) is 27.3. The lowest BCUT2D eigenvalue weighted by Crippen LogP contribution is -2.56. The summed E-state index contributed by atoms with van der Waals surface area (Å²) in [5, 5.41) is 4.07. The molecule has 1 fully saturated rings. The average molecular weight is 524 g/mol. The Morgan fingerprint density at radius 1 is 1.25 bits per heavy atom. The maximum Gasteiger partial charge on any atom is 0.291 e. The number of aromatic nitrogens is 1. The number of carbonyl (C=O) groups is 4. The highest BCUT2D eigenvalue weighted by molar-refractivity contribution is 6.29. The van der Waals surface area contributed by atoms with Gasteiger partial charge in [0, 0.05) is 17.3 Å². The number of benzene rings is 1. The normalized spacial score (nSPS) is 15.6. The molecule has 1 saturated carbocycles. The number of alkyl halides is 2.